The molecule has 2 aromatic rings. The van der Waals surface area contributed by atoms with Crippen molar-refractivity contribution in [2.24, 2.45) is 0 Å². The number of likely N-dealkylation sites (tertiary alicyclic amines) is 1. The minimum atomic E-state index is 0.479. The molecule has 1 aliphatic rings. The molecular weight excluding hydrogens is 358 g/mol. The van der Waals surface area contributed by atoms with Gasteiger partial charge in [0.2, 0.25) is 0 Å². The van der Waals surface area contributed by atoms with Crippen LogP contribution < -0.4 is 9.47 Å². The number of benzene rings is 2. The Morgan fingerprint density at radius 2 is 1.85 bits per heavy atom. The minimum Gasteiger partial charge on any atom is -0.493 e. The van der Waals surface area contributed by atoms with E-state index in [0.717, 1.165) is 43.9 Å². The molecule has 3 rings (SSSR count). The molecule has 0 N–H and O–H groups in total. The fraction of sp³-hybridized carbons (Fsp3) is 0.391. The summed E-state index contributed by atoms with van der Waals surface area (Å²) < 4.78 is 10.9. The number of methoxy groups -OCH3 is 2. The lowest BCUT2D eigenvalue weighted by Gasteiger charge is -2.36. The molecule has 0 bridgehead atoms. The van der Waals surface area contributed by atoms with Gasteiger partial charge in [-0.1, -0.05) is 36.4 Å². The van der Waals surface area contributed by atoms with Crippen LogP contribution in [0.1, 0.15) is 36.3 Å². The number of piperidine rings is 1. The highest BCUT2D eigenvalue weighted by Gasteiger charge is 2.24. The van der Waals surface area contributed by atoms with Crippen molar-refractivity contribution in [3.63, 3.8) is 0 Å². The molecule has 0 aromatic heterocycles. The van der Waals surface area contributed by atoms with Crippen molar-refractivity contribution in [2.45, 2.75) is 25.2 Å². The third kappa shape index (κ3) is 4.98. The van der Waals surface area contributed by atoms with Crippen molar-refractivity contribution in [1.29, 1.82) is 0 Å². The number of hydrogen-bond donors (Lipinski definition) is 0. The highest BCUT2D eigenvalue weighted by molar-refractivity contribution is 6.17. The lowest BCUT2D eigenvalue weighted by Crippen LogP contribution is -2.32. The molecular formula is C23H28ClNO2. The smallest absolute Gasteiger partial charge is 0.160 e. The van der Waals surface area contributed by atoms with E-state index in [-0.39, 0.29) is 0 Å². The molecule has 2 aromatic carbocycles. The zero-order chi connectivity index (χ0) is 19.1. The predicted octanol–water partition coefficient (Wildman–Crippen LogP) is 5.55. The first-order valence-electron chi connectivity index (χ1n) is 9.53. The van der Waals surface area contributed by atoms with Crippen LogP contribution in [0.5, 0.6) is 11.5 Å². The minimum absolute atomic E-state index is 0.479. The summed E-state index contributed by atoms with van der Waals surface area (Å²) in [4.78, 5) is 2.49. The summed E-state index contributed by atoms with van der Waals surface area (Å²) in [7, 11) is 3.37. The summed E-state index contributed by atoms with van der Waals surface area (Å²) in [6, 6.07) is 16.8. The second-order valence-corrected chi connectivity index (χ2v) is 7.26. The molecule has 1 heterocycles. The van der Waals surface area contributed by atoms with E-state index in [0.29, 0.717) is 11.8 Å². The van der Waals surface area contributed by atoms with E-state index in [1.54, 1.807) is 14.2 Å². The van der Waals surface area contributed by atoms with Crippen molar-refractivity contribution >= 4 is 17.7 Å². The first-order chi connectivity index (χ1) is 13.2. The summed E-state index contributed by atoms with van der Waals surface area (Å²) in [6.45, 7) is 2.06. The largest absolute Gasteiger partial charge is 0.493 e. The average molecular weight is 386 g/mol. The molecule has 27 heavy (non-hydrogen) atoms. The van der Waals surface area contributed by atoms with Crippen LogP contribution in [-0.2, 0) is 0 Å². The van der Waals surface area contributed by atoms with Crippen LogP contribution in [0.3, 0.4) is 0 Å². The highest BCUT2D eigenvalue weighted by Crippen LogP contribution is 2.38. The Balaban J connectivity index is 1.84. The fourth-order valence-corrected chi connectivity index (χ4v) is 3.85. The van der Waals surface area contributed by atoms with Gasteiger partial charge in [-0.05, 0) is 54.5 Å². The molecule has 3 nitrogen and oxygen atoms in total. The Hall–Kier alpha value is -2.13. The number of ether oxygens (including phenoxy) is 2. The van der Waals surface area contributed by atoms with Crippen LogP contribution in [0, 0.1) is 0 Å². The molecule has 1 aliphatic heterocycles. The second kappa shape index (κ2) is 9.70. The SMILES string of the molecule is COc1ccc(C2CCN(CCCCl)C(=Cc3ccccc3)C2)cc1OC. The summed E-state index contributed by atoms with van der Waals surface area (Å²) in [5.41, 5.74) is 3.94. The van der Waals surface area contributed by atoms with E-state index in [4.69, 9.17) is 21.1 Å². The predicted molar refractivity (Wildman–Crippen MR) is 113 cm³/mol. The van der Waals surface area contributed by atoms with E-state index in [1.807, 2.05) is 6.07 Å². The molecule has 0 radical (unpaired) electrons. The normalized spacial score (nSPS) is 18.6. The van der Waals surface area contributed by atoms with Crippen LogP contribution in [-0.4, -0.2) is 38.1 Å². The first kappa shape index (κ1) is 19.6. The highest BCUT2D eigenvalue weighted by atomic mass is 35.5. The van der Waals surface area contributed by atoms with Crippen LogP contribution in [0.4, 0.5) is 0 Å². The van der Waals surface area contributed by atoms with Crippen LogP contribution in [0.25, 0.3) is 6.08 Å². The summed E-state index contributed by atoms with van der Waals surface area (Å²) in [5, 5.41) is 0. The molecule has 1 unspecified atom stereocenters. The lowest BCUT2D eigenvalue weighted by molar-refractivity contribution is 0.275. The van der Waals surface area contributed by atoms with Gasteiger partial charge in [-0.2, -0.15) is 0 Å². The van der Waals surface area contributed by atoms with Gasteiger partial charge < -0.3 is 14.4 Å². The van der Waals surface area contributed by atoms with Crippen molar-refractivity contribution in [3.05, 3.63) is 65.4 Å². The Morgan fingerprint density at radius 3 is 2.56 bits per heavy atom. The summed E-state index contributed by atoms with van der Waals surface area (Å²) in [6.07, 6.45) is 5.48. The molecule has 1 atom stereocenters. The maximum Gasteiger partial charge on any atom is 0.160 e. The van der Waals surface area contributed by atoms with E-state index in [1.165, 1.54) is 16.8 Å². The molecule has 1 fully saturated rings. The third-order valence-electron chi connectivity index (χ3n) is 5.18. The fourth-order valence-electron chi connectivity index (χ4n) is 3.73. The lowest BCUT2D eigenvalue weighted by atomic mass is 9.86. The molecule has 0 aliphatic carbocycles. The molecule has 144 valence electrons. The van der Waals surface area contributed by atoms with Crippen molar-refractivity contribution in [3.8, 4) is 11.5 Å². The zero-order valence-corrected chi connectivity index (χ0v) is 16.9. The number of rotatable bonds is 7. The van der Waals surface area contributed by atoms with E-state index in [2.05, 4.69) is 53.4 Å². The Bertz CT molecular complexity index is 760. The number of allylic oxidation sites excluding steroid dienone is 1. The van der Waals surface area contributed by atoms with Gasteiger partial charge in [0.25, 0.3) is 0 Å². The molecule has 4 heteroatoms. The van der Waals surface area contributed by atoms with Gasteiger partial charge in [-0.3, -0.25) is 0 Å². The average Bonchev–Trinajstić information content (AvgIpc) is 2.73. The Kier molecular flexibility index (Phi) is 7.05. The van der Waals surface area contributed by atoms with Crippen molar-refractivity contribution in [1.82, 2.24) is 4.90 Å². The van der Waals surface area contributed by atoms with Gasteiger partial charge in [-0.15, -0.1) is 11.6 Å². The van der Waals surface area contributed by atoms with Crippen LogP contribution >= 0.6 is 11.6 Å². The zero-order valence-electron chi connectivity index (χ0n) is 16.2. The van der Waals surface area contributed by atoms with Gasteiger partial charge in [-0.25, -0.2) is 0 Å². The molecule has 0 amide bonds. The van der Waals surface area contributed by atoms with E-state index in [9.17, 15) is 0 Å². The standard InChI is InChI=1S/C23H28ClNO2/c1-26-22-10-9-19(17-23(22)27-2)20-11-14-25(13-6-12-24)21(16-20)15-18-7-4-3-5-8-18/h3-5,7-10,15,17,20H,6,11-14,16H2,1-2H3. The monoisotopic (exact) mass is 385 g/mol. The third-order valence-corrected chi connectivity index (χ3v) is 5.45. The topological polar surface area (TPSA) is 21.7 Å². The number of alkyl halides is 1. The molecule has 0 saturated carbocycles. The van der Waals surface area contributed by atoms with Crippen LogP contribution in [0.2, 0.25) is 0 Å². The Labute approximate surface area is 167 Å². The summed E-state index contributed by atoms with van der Waals surface area (Å²) in [5.74, 6) is 2.76. The van der Waals surface area contributed by atoms with Crippen LogP contribution in [0.15, 0.2) is 54.2 Å². The second-order valence-electron chi connectivity index (χ2n) is 6.88. The Morgan fingerprint density at radius 1 is 1.07 bits per heavy atom. The van der Waals surface area contributed by atoms with E-state index >= 15 is 0 Å². The maximum absolute atomic E-state index is 5.94. The van der Waals surface area contributed by atoms with E-state index < -0.39 is 0 Å². The summed E-state index contributed by atoms with van der Waals surface area (Å²) >= 11 is 5.94. The van der Waals surface area contributed by atoms with Crippen molar-refractivity contribution in [2.75, 3.05) is 33.2 Å². The number of hydrogen-bond acceptors (Lipinski definition) is 3. The van der Waals surface area contributed by atoms with Crippen molar-refractivity contribution < 1.29 is 9.47 Å². The van der Waals surface area contributed by atoms with Gasteiger partial charge in [0.05, 0.1) is 14.2 Å². The quantitative estimate of drug-likeness (QED) is 0.583. The van der Waals surface area contributed by atoms with Gasteiger partial charge >= 0.3 is 0 Å². The first-order valence-corrected chi connectivity index (χ1v) is 10.1. The molecule has 1 saturated heterocycles. The molecule has 0 spiro atoms. The van der Waals surface area contributed by atoms with Gasteiger partial charge in [0.15, 0.2) is 11.5 Å². The number of halogens is 1. The van der Waals surface area contributed by atoms with Gasteiger partial charge in [0, 0.05) is 24.7 Å². The number of nitrogens with zero attached hydrogens (tertiary/aromatic N) is 1. The van der Waals surface area contributed by atoms with Gasteiger partial charge in [0.1, 0.15) is 0 Å². The maximum atomic E-state index is 5.94.